The van der Waals surface area contributed by atoms with Gasteiger partial charge in [-0.3, -0.25) is 9.59 Å². The van der Waals surface area contributed by atoms with Crippen molar-refractivity contribution < 1.29 is 9.59 Å². The maximum Gasteiger partial charge on any atom is 0.251 e. The minimum absolute atomic E-state index is 0.00321. The summed E-state index contributed by atoms with van der Waals surface area (Å²) in [5.74, 6) is 0.493. The second kappa shape index (κ2) is 6.30. The van der Waals surface area contributed by atoms with Crippen LogP contribution in [0.2, 0.25) is 0 Å². The first-order chi connectivity index (χ1) is 11.0. The van der Waals surface area contributed by atoms with Gasteiger partial charge in [-0.15, -0.1) is 0 Å². The van der Waals surface area contributed by atoms with Crippen molar-refractivity contribution in [2.45, 2.75) is 58.4 Å². The van der Waals surface area contributed by atoms with Gasteiger partial charge >= 0.3 is 0 Å². The topological polar surface area (TPSA) is 71.1 Å². The van der Waals surface area contributed by atoms with Crippen LogP contribution in [0, 0.1) is 11.3 Å². The van der Waals surface area contributed by atoms with Crippen molar-refractivity contribution in [1.82, 2.24) is 10.3 Å². The van der Waals surface area contributed by atoms with E-state index in [9.17, 15) is 9.59 Å². The summed E-state index contributed by atoms with van der Waals surface area (Å²) >= 11 is 0. The molecule has 0 aromatic carbocycles. The van der Waals surface area contributed by atoms with Gasteiger partial charge in [0.1, 0.15) is 5.82 Å². The number of pyridine rings is 1. The zero-order chi connectivity index (χ0) is 16.4. The van der Waals surface area contributed by atoms with Crippen LogP contribution < -0.4 is 10.6 Å². The van der Waals surface area contributed by atoms with Crippen LogP contribution in [0.5, 0.6) is 0 Å². The van der Waals surface area contributed by atoms with Crippen molar-refractivity contribution in [2.75, 3.05) is 5.32 Å². The monoisotopic (exact) mass is 315 g/mol. The number of nitrogens with zero attached hydrogens (tertiary/aromatic N) is 1. The van der Waals surface area contributed by atoms with Gasteiger partial charge in [0.15, 0.2) is 0 Å². The Morgan fingerprint density at radius 3 is 2.70 bits per heavy atom. The fraction of sp³-hybridized carbons (Fsp3) is 0.611. The SMILES string of the molecule is CC1(C)CCCCC1NC(=O)c1ccnc(NC(=O)C2CC2)c1. The van der Waals surface area contributed by atoms with E-state index in [1.54, 1.807) is 18.3 Å². The molecule has 1 aromatic rings. The molecule has 2 amide bonds. The first-order valence-electron chi connectivity index (χ1n) is 8.53. The van der Waals surface area contributed by atoms with E-state index in [-0.39, 0.29) is 29.2 Å². The third kappa shape index (κ3) is 3.89. The van der Waals surface area contributed by atoms with E-state index in [2.05, 4.69) is 29.5 Å². The number of hydrogen-bond acceptors (Lipinski definition) is 3. The summed E-state index contributed by atoms with van der Waals surface area (Å²) in [5, 5.41) is 5.95. The molecule has 2 N–H and O–H groups in total. The summed E-state index contributed by atoms with van der Waals surface area (Å²) in [6.45, 7) is 4.43. The number of anilines is 1. The molecular formula is C18H25N3O2. The molecule has 124 valence electrons. The Bertz CT molecular complexity index is 608. The fourth-order valence-corrected chi connectivity index (χ4v) is 3.22. The minimum Gasteiger partial charge on any atom is -0.349 e. The van der Waals surface area contributed by atoms with E-state index in [1.807, 2.05) is 0 Å². The lowest BCUT2D eigenvalue weighted by Gasteiger charge is -2.39. The second-order valence-electron chi connectivity index (χ2n) is 7.45. The van der Waals surface area contributed by atoms with E-state index < -0.39 is 0 Å². The molecule has 23 heavy (non-hydrogen) atoms. The third-order valence-corrected chi connectivity index (χ3v) is 5.03. The van der Waals surface area contributed by atoms with Crippen LogP contribution in [0.25, 0.3) is 0 Å². The summed E-state index contributed by atoms with van der Waals surface area (Å²) in [6.07, 6.45) is 8.01. The zero-order valence-corrected chi connectivity index (χ0v) is 13.9. The van der Waals surface area contributed by atoms with E-state index in [0.717, 1.165) is 32.1 Å². The van der Waals surface area contributed by atoms with E-state index in [1.165, 1.54) is 6.42 Å². The molecule has 2 fully saturated rings. The summed E-state index contributed by atoms with van der Waals surface area (Å²) in [4.78, 5) is 28.5. The van der Waals surface area contributed by atoms with Crippen molar-refractivity contribution in [3.05, 3.63) is 23.9 Å². The van der Waals surface area contributed by atoms with Gasteiger partial charge in [-0.1, -0.05) is 26.7 Å². The van der Waals surface area contributed by atoms with E-state index in [0.29, 0.717) is 11.4 Å². The molecule has 5 nitrogen and oxygen atoms in total. The van der Waals surface area contributed by atoms with Crippen LogP contribution in [0.1, 0.15) is 62.7 Å². The van der Waals surface area contributed by atoms with Crippen LogP contribution in [0.15, 0.2) is 18.3 Å². The highest BCUT2D eigenvalue weighted by molar-refractivity contribution is 5.97. The molecule has 0 aliphatic heterocycles. The lowest BCUT2D eigenvalue weighted by Crippen LogP contribution is -2.46. The molecule has 0 bridgehead atoms. The molecule has 2 aliphatic rings. The largest absolute Gasteiger partial charge is 0.349 e. The maximum absolute atomic E-state index is 12.5. The van der Waals surface area contributed by atoms with Crippen LogP contribution in [0.3, 0.4) is 0 Å². The fourth-order valence-electron chi connectivity index (χ4n) is 3.22. The molecule has 0 saturated heterocycles. The molecule has 3 rings (SSSR count). The maximum atomic E-state index is 12.5. The van der Waals surface area contributed by atoms with Crippen LogP contribution in [0.4, 0.5) is 5.82 Å². The molecule has 2 saturated carbocycles. The molecule has 5 heteroatoms. The van der Waals surface area contributed by atoms with Crippen molar-refractivity contribution in [3.63, 3.8) is 0 Å². The molecule has 0 spiro atoms. The summed E-state index contributed by atoms with van der Waals surface area (Å²) in [6, 6.07) is 3.55. The number of aromatic nitrogens is 1. The van der Waals surface area contributed by atoms with Crippen molar-refractivity contribution in [3.8, 4) is 0 Å². The van der Waals surface area contributed by atoms with E-state index in [4.69, 9.17) is 0 Å². The predicted octanol–water partition coefficient (Wildman–Crippen LogP) is 3.13. The number of carbonyl (C=O) groups is 2. The van der Waals surface area contributed by atoms with Gasteiger partial charge in [-0.25, -0.2) is 4.98 Å². The smallest absolute Gasteiger partial charge is 0.251 e. The lowest BCUT2D eigenvalue weighted by molar-refractivity contribution is -0.117. The Hall–Kier alpha value is -1.91. The van der Waals surface area contributed by atoms with Crippen molar-refractivity contribution >= 4 is 17.6 Å². The van der Waals surface area contributed by atoms with Crippen LogP contribution in [-0.2, 0) is 4.79 Å². The van der Waals surface area contributed by atoms with Gasteiger partial charge in [0.25, 0.3) is 5.91 Å². The number of nitrogens with one attached hydrogen (secondary N) is 2. The van der Waals surface area contributed by atoms with E-state index >= 15 is 0 Å². The Morgan fingerprint density at radius 1 is 1.22 bits per heavy atom. The molecular weight excluding hydrogens is 290 g/mol. The lowest BCUT2D eigenvalue weighted by atomic mass is 9.73. The van der Waals surface area contributed by atoms with Crippen molar-refractivity contribution in [1.29, 1.82) is 0 Å². The zero-order valence-electron chi connectivity index (χ0n) is 13.9. The first-order valence-corrected chi connectivity index (χ1v) is 8.53. The average molecular weight is 315 g/mol. The minimum atomic E-state index is -0.0886. The Labute approximate surface area is 137 Å². The summed E-state index contributed by atoms with van der Waals surface area (Å²) < 4.78 is 0. The molecule has 0 radical (unpaired) electrons. The third-order valence-electron chi connectivity index (χ3n) is 5.03. The highest BCUT2D eigenvalue weighted by Gasteiger charge is 2.33. The second-order valence-corrected chi connectivity index (χ2v) is 7.45. The molecule has 1 unspecified atom stereocenters. The van der Waals surface area contributed by atoms with Gasteiger partial charge in [-0.2, -0.15) is 0 Å². The predicted molar refractivity (Wildman–Crippen MR) is 89.1 cm³/mol. The van der Waals surface area contributed by atoms with Gasteiger partial charge in [0, 0.05) is 23.7 Å². The highest BCUT2D eigenvalue weighted by Crippen LogP contribution is 2.35. The highest BCUT2D eigenvalue weighted by atomic mass is 16.2. The Balaban J connectivity index is 1.65. The van der Waals surface area contributed by atoms with Gasteiger partial charge in [-0.05, 0) is 43.2 Å². The normalized spacial score (nSPS) is 23.1. The average Bonchev–Trinajstić information content (AvgIpc) is 3.34. The number of amides is 2. The van der Waals surface area contributed by atoms with Crippen molar-refractivity contribution in [2.24, 2.45) is 11.3 Å². The first kappa shape index (κ1) is 16.0. The molecule has 1 heterocycles. The Morgan fingerprint density at radius 2 is 2.00 bits per heavy atom. The number of hydrogen-bond donors (Lipinski definition) is 2. The van der Waals surface area contributed by atoms with Gasteiger partial charge in [0.2, 0.25) is 5.91 Å². The quantitative estimate of drug-likeness (QED) is 0.896. The molecule has 1 aromatic heterocycles. The van der Waals surface area contributed by atoms with Crippen LogP contribution >= 0.6 is 0 Å². The molecule has 2 aliphatic carbocycles. The van der Waals surface area contributed by atoms with Crippen LogP contribution in [-0.4, -0.2) is 22.8 Å². The summed E-state index contributed by atoms with van der Waals surface area (Å²) in [5.41, 5.74) is 0.678. The van der Waals surface area contributed by atoms with Gasteiger partial charge < -0.3 is 10.6 Å². The number of carbonyl (C=O) groups excluding carboxylic acids is 2. The molecule has 1 atom stereocenters. The Kier molecular flexibility index (Phi) is 4.37. The standard InChI is InChI=1S/C18H25N3O2/c1-18(2)9-4-3-5-14(18)20-17(23)13-8-10-19-15(11-13)21-16(22)12-6-7-12/h8,10-12,14H,3-7,9H2,1-2H3,(H,20,23)(H,19,21,22). The summed E-state index contributed by atoms with van der Waals surface area (Å²) in [7, 11) is 0. The number of rotatable bonds is 4. The van der Waals surface area contributed by atoms with Gasteiger partial charge in [0.05, 0.1) is 0 Å².